The lowest BCUT2D eigenvalue weighted by Gasteiger charge is -2.32. The van der Waals surface area contributed by atoms with Crippen molar-refractivity contribution in [2.75, 3.05) is 20.1 Å². The van der Waals surface area contributed by atoms with Gasteiger partial charge in [0.15, 0.2) is 0 Å². The molecule has 1 aromatic heterocycles. The fraction of sp³-hybridized carbons (Fsp3) is 0.500. The lowest BCUT2D eigenvalue weighted by molar-refractivity contribution is -0.132. The fourth-order valence-corrected chi connectivity index (χ4v) is 2.95. The molecule has 2 N–H and O–H groups in total. The number of nitrogens with one attached hydrogen (secondary N) is 2. The Balaban J connectivity index is 0.00000132. The molecule has 1 saturated heterocycles. The van der Waals surface area contributed by atoms with Crippen LogP contribution in [-0.4, -0.2) is 47.0 Å². The number of hydrogen-bond donors (Lipinski definition) is 2. The number of aryl methyl sites for hydroxylation is 1. The van der Waals surface area contributed by atoms with Crippen LogP contribution in [0.4, 0.5) is 0 Å². The minimum atomic E-state index is 0. The fourth-order valence-electron chi connectivity index (χ4n) is 2.95. The topological polar surface area (TPSA) is 61.0 Å². The van der Waals surface area contributed by atoms with Crippen LogP contribution < -0.4 is 5.32 Å². The van der Waals surface area contributed by atoms with Crippen molar-refractivity contribution < 1.29 is 4.79 Å². The van der Waals surface area contributed by atoms with Crippen LogP contribution in [0.2, 0.25) is 0 Å². The standard InChI is InChI=1S/C16H22N4O.2ClH/c1-17-12-5-4-10-20(11-12)16(21)9-8-15-18-13-6-2-3-7-14(13)19-15;;/h2-3,6-7,12,17H,4-5,8-11H2,1H3,(H,18,19);2*1H. The van der Waals surface area contributed by atoms with E-state index < -0.39 is 0 Å². The minimum absolute atomic E-state index is 0. The number of aromatic amines is 1. The first-order valence-electron chi connectivity index (χ1n) is 7.65. The number of piperidine rings is 1. The van der Waals surface area contributed by atoms with Gasteiger partial charge in [0.05, 0.1) is 11.0 Å². The molecule has 2 aromatic rings. The Kier molecular flexibility index (Phi) is 7.82. The van der Waals surface area contributed by atoms with Gasteiger partial charge in [0, 0.05) is 32.0 Å². The summed E-state index contributed by atoms with van der Waals surface area (Å²) in [4.78, 5) is 22.1. The van der Waals surface area contributed by atoms with Crippen LogP contribution in [0.15, 0.2) is 24.3 Å². The number of benzene rings is 1. The van der Waals surface area contributed by atoms with E-state index in [0.717, 1.165) is 42.8 Å². The molecule has 3 rings (SSSR count). The van der Waals surface area contributed by atoms with E-state index in [4.69, 9.17) is 0 Å². The van der Waals surface area contributed by atoms with Crippen molar-refractivity contribution in [2.45, 2.75) is 31.7 Å². The van der Waals surface area contributed by atoms with Crippen molar-refractivity contribution >= 4 is 41.8 Å². The van der Waals surface area contributed by atoms with E-state index in [2.05, 4.69) is 15.3 Å². The van der Waals surface area contributed by atoms with Crippen LogP contribution in [-0.2, 0) is 11.2 Å². The highest BCUT2D eigenvalue weighted by molar-refractivity contribution is 5.85. The van der Waals surface area contributed by atoms with Gasteiger partial charge < -0.3 is 15.2 Å². The van der Waals surface area contributed by atoms with Crippen LogP contribution in [0, 0.1) is 0 Å². The summed E-state index contributed by atoms with van der Waals surface area (Å²) in [6.07, 6.45) is 3.44. The number of H-pyrrole nitrogens is 1. The third-order valence-corrected chi connectivity index (χ3v) is 4.20. The Morgan fingerprint density at radius 2 is 2.17 bits per heavy atom. The third-order valence-electron chi connectivity index (χ3n) is 4.20. The van der Waals surface area contributed by atoms with E-state index in [-0.39, 0.29) is 30.7 Å². The number of nitrogens with zero attached hydrogens (tertiary/aromatic N) is 2. The second-order valence-corrected chi connectivity index (χ2v) is 5.67. The first-order chi connectivity index (χ1) is 10.3. The predicted molar refractivity (Wildman–Crippen MR) is 97.6 cm³/mol. The highest BCUT2D eigenvalue weighted by Crippen LogP contribution is 2.14. The molecule has 1 amide bonds. The number of hydrogen-bond acceptors (Lipinski definition) is 3. The molecule has 0 spiro atoms. The number of likely N-dealkylation sites (tertiary alicyclic amines) is 1. The maximum atomic E-state index is 12.3. The summed E-state index contributed by atoms with van der Waals surface area (Å²) in [5.41, 5.74) is 2.00. The smallest absolute Gasteiger partial charge is 0.223 e. The minimum Gasteiger partial charge on any atom is -0.342 e. The molecule has 0 radical (unpaired) electrons. The largest absolute Gasteiger partial charge is 0.342 e. The number of fused-ring (bicyclic) bond motifs is 1. The SMILES string of the molecule is CNC1CCCN(C(=O)CCc2nc3ccccc3[nH]2)C1.Cl.Cl. The van der Waals surface area contributed by atoms with Crippen molar-refractivity contribution in [3.05, 3.63) is 30.1 Å². The Labute approximate surface area is 149 Å². The highest BCUT2D eigenvalue weighted by atomic mass is 35.5. The van der Waals surface area contributed by atoms with E-state index in [1.807, 2.05) is 36.2 Å². The van der Waals surface area contributed by atoms with Crippen LogP contribution in [0.3, 0.4) is 0 Å². The van der Waals surface area contributed by atoms with Gasteiger partial charge in [0.1, 0.15) is 5.82 Å². The Morgan fingerprint density at radius 1 is 1.39 bits per heavy atom. The third kappa shape index (κ3) is 4.83. The summed E-state index contributed by atoms with van der Waals surface area (Å²) in [6, 6.07) is 8.40. The second-order valence-electron chi connectivity index (χ2n) is 5.67. The zero-order chi connectivity index (χ0) is 14.7. The van der Waals surface area contributed by atoms with Crippen molar-refractivity contribution in [3.63, 3.8) is 0 Å². The van der Waals surface area contributed by atoms with Gasteiger partial charge in [0.2, 0.25) is 5.91 Å². The number of amides is 1. The summed E-state index contributed by atoms with van der Waals surface area (Å²) in [5.74, 6) is 1.13. The molecule has 23 heavy (non-hydrogen) atoms. The second kappa shape index (κ2) is 9.11. The molecular formula is C16H24Cl2N4O. The summed E-state index contributed by atoms with van der Waals surface area (Å²) in [5, 5.41) is 3.27. The summed E-state index contributed by atoms with van der Waals surface area (Å²) in [7, 11) is 1.97. The van der Waals surface area contributed by atoms with E-state index >= 15 is 0 Å². The van der Waals surface area contributed by atoms with E-state index in [1.54, 1.807) is 0 Å². The molecule has 128 valence electrons. The number of rotatable bonds is 4. The normalized spacial score (nSPS) is 17.4. The van der Waals surface area contributed by atoms with Gasteiger partial charge >= 0.3 is 0 Å². The number of para-hydroxylation sites is 2. The van der Waals surface area contributed by atoms with Gasteiger partial charge in [-0.25, -0.2) is 4.98 Å². The van der Waals surface area contributed by atoms with Crippen molar-refractivity contribution in [2.24, 2.45) is 0 Å². The zero-order valence-electron chi connectivity index (χ0n) is 13.2. The van der Waals surface area contributed by atoms with Gasteiger partial charge in [-0.2, -0.15) is 0 Å². The van der Waals surface area contributed by atoms with Crippen LogP contribution in [0.5, 0.6) is 0 Å². The molecular weight excluding hydrogens is 335 g/mol. The van der Waals surface area contributed by atoms with Crippen LogP contribution in [0.25, 0.3) is 11.0 Å². The molecule has 0 saturated carbocycles. The van der Waals surface area contributed by atoms with Gasteiger partial charge in [-0.3, -0.25) is 4.79 Å². The van der Waals surface area contributed by atoms with Gasteiger partial charge in [0.25, 0.3) is 0 Å². The van der Waals surface area contributed by atoms with Crippen LogP contribution >= 0.6 is 24.8 Å². The quantitative estimate of drug-likeness (QED) is 0.882. The molecule has 2 heterocycles. The maximum Gasteiger partial charge on any atom is 0.223 e. The van der Waals surface area contributed by atoms with E-state index in [1.165, 1.54) is 0 Å². The summed E-state index contributed by atoms with van der Waals surface area (Å²) in [6.45, 7) is 1.71. The monoisotopic (exact) mass is 358 g/mol. The zero-order valence-corrected chi connectivity index (χ0v) is 14.9. The van der Waals surface area contributed by atoms with Gasteiger partial charge in [-0.15, -0.1) is 24.8 Å². The lowest BCUT2D eigenvalue weighted by atomic mass is 10.1. The number of aromatic nitrogens is 2. The number of carbonyl (C=O) groups is 1. The summed E-state index contributed by atoms with van der Waals surface area (Å²) >= 11 is 0. The molecule has 7 heteroatoms. The Hall–Kier alpha value is -1.30. The molecule has 1 aromatic carbocycles. The molecule has 0 aliphatic carbocycles. The first kappa shape index (κ1) is 19.7. The molecule has 1 aliphatic heterocycles. The summed E-state index contributed by atoms with van der Waals surface area (Å²) < 4.78 is 0. The molecule has 1 unspecified atom stereocenters. The highest BCUT2D eigenvalue weighted by Gasteiger charge is 2.22. The number of halogens is 2. The van der Waals surface area contributed by atoms with Gasteiger partial charge in [-0.1, -0.05) is 12.1 Å². The van der Waals surface area contributed by atoms with Crippen molar-refractivity contribution in [1.82, 2.24) is 20.2 Å². The van der Waals surface area contributed by atoms with Gasteiger partial charge in [-0.05, 0) is 32.0 Å². The average molecular weight is 359 g/mol. The Bertz CT molecular complexity index is 598. The van der Waals surface area contributed by atoms with Crippen molar-refractivity contribution in [1.29, 1.82) is 0 Å². The maximum absolute atomic E-state index is 12.3. The molecule has 0 bridgehead atoms. The number of likely N-dealkylation sites (N-methyl/N-ethyl adjacent to an activating group) is 1. The molecule has 1 atom stereocenters. The van der Waals surface area contributed by atoms with E-state index in [9.17, 15) is 4.79 Å². The molecule has 1 fully saturated rings. The predicted octanol–water partition coefficient (Wildman–Crippen LogP) is 2.55. The molecule has 5 nitrogen and oxygen atoms in total. The van der Waals surface area contributed by atoms with E-state index in [0.29, 0.717) is 18.9 Å². The number of imidazole rings is 1. The van der Waals surface area contributed by atoms with Crippen molar-refractivity contribution in [3.8, 4) is 0 Å². The number of carbonyl (C=O) groups excluding carboxylic acids is 1. The lowest BCUT2D eigenvalue weighted by Crippen LogP contribution is -2.47. The molecule has 1 aliphatic rings. The first-order valence-corrected chi connectivity index (χ1v) is 7.65. The van der Waals surface area contributed by atoms with Crippen LogP contribution in [0.1, 0.15) is 25.1 Å². The average Bonchev–Trinajstić information content (AvgIpc) is 2.95. The Morgan fingerprint density at radius 3 is 2.91 bits per heavy atom.